The predicted molar refractivity (Wildman–Crippen MR) is 93.5 cm³/mol. The monoisotopic (exact) mass is 376 g/mol. The molecular formula is C17H11Cl2FN4O. The maximum Gasteiger partial charge on any atom is 0.159 e. The highest BCUT2D eigenvalue weighted by molar-refractivity contribution is 6.45. The van der Waals surface area contributed by atoms with Gasteiger partial charge in [-0.25, -0.2) is 4.39 Å². The second kappa shape index (κ2) is 5.82. The number of aryl methyl sites for hydroxylation is 1. The van der Waals surface area contributed by atoms with Crippen LogP contribution in [0.1, 0.15) is 22.8 Å². The number of nitrogens with zero attached hydrogens (tertiary/aromatic N) is 4. The number of hydrogen-bond donors (Lipinski definition) is 1. The summed E-state index contributed by atoms with van der Waals surface area (Å²) in [6.07, 6.45) is 0. The zero-order chi connectivity index (χ0) is 17.7. The number of benzene rings is 2. The first-order valence-corrected chi connectivity index (χ1v) is 8.16. The Morgan fingerprint density at radius 2 is 1.96 bits per heavy atom. The SMILES string of the molecule is Cc1nnc2n1-c1ccc(Cl)c(Cl)c1C(c1cc(O)ccc1F)=NC2. The van der Waals surface area contributed by atoms with Crippen LogP contribution in [0, 0.1) is 12.7 Å². The second-order valence-electron chi connectivity index (χ2n) is 5.58. The molecule has 0 unspecified atom stereocenters. The summed E-state index contributed by atoms with van der Waals surface area (Å²) in [6, 6.07) is 7.20. The molecule has 8 heteroatoms. The smallest absolute Gasteiger partial charge is 0.159 e. The summed E-state index contributed by atoms with van der Waals surface area (Å²) in [7, 11) is 0. The molecule has 0 fully saturated rings. The average Bonchev–Trinajstić information content (AvgIpc) is 2.86. The van der Waals surface area contributed by atoms with Gasteiger partial charge in [0.15, 0.2) is 5.82 Å². The Kier molecular flexibility index (Phi) is 3.74. The molecule has 1 aromatic heterocycles. The molecule has 0 saturated heterocycles. The van der Waals surface area contributed by atoms with Crippen molar-refractivity contribution >= 4 is 28.9 Å². The summed E-state index contributed by atoms with van der Waals surface area (Å²) in [5.41, 5.74) is 1.58. The molecule has 0 spiro atoms. The summed E-state index contributed by atoms with van der Waals surface area (Å²) < 4.78 is 16.3. The van der Waals surface area contributed by atoms with E-state index in [-0.39, 0.29) is 22.9 Å². The maximum absolute atomic E-state index is 14.4. The molecule has 126 valence electrons. The zero-order valence-electron chi connectivity index (χ0n) is 13.0. The van der Waals surface area contributed by atoms with Crippen molar-refractivity contribution in [3.8, 4) is 11.4 Å². The van der Waals surface area contributed by atoms with Gasteiger partial charge in [-0.2, -0.15) is 0 Å². The van der Waals surface area contributed by atoms with E-state index < -0.39 is 5.82 Å². The summed E-state index contributed by atoms with van der Waals surface area (Å²) in [4.78, 5) is 4.49. The number of fused-ring (bicyclic) bond motifs is 3. The van der Waals surface area contributed by atoms with Gasteiger partial charge in [0.1, 0.15) is 23.9 Å². The van der Waals surface area contributed by atoms with Crippen molar-refractivity contribution < 1.29 is 9.50 Å². The lowest BCUT2D eigenvalue weighted by Crippen LogP contribution is -2.11. The van der Waals surface area contributed by atoms with E-state index >= 15 is 0 Å². The molecule has 0 atom stereocenters. The number of rotatable bonds is 1. The molecule has 2 aromatic carbocycles. The zero-order valence-corrected chi connectivity index (χ0v) is 14.5. The summed E-state index contributed by atoms with van der Waals surface area (Å²) >= 11 is 12.6. The lowest BCUT2D eigenvalue weighted by atomic mass is 9.99. The highest BCUT2D eigenvalue weighted by Crippen LogP contribution is 2.36. The van der Waals surface area contributed by atoms with E-state index in [4.69, 9.17) is 23.2 Å². The van der Waals surface area contributed by atoms with E-state index in [1.165, 1.54) is 18.2 Å². The van der Waals surface area contributed by atoms with Gasteiger partial charge in [-0.3, -0.25) is 9.56 Å². The molecule has 3 aromatic rings. The number of aliphatic imine (C=N–C) groups is 1. The van der Waals surface area contributed by atoms with Gasteiger partial charge in [0.05, 0.1) is 21.4 Å². The van der Waals surface area contributed by atoms with E-state index in [1.54, 1.807) is 12.1 Å². The van der Waals surface area contributed by atoms with Gasteiger partial charge < -0.3 is 5.11 Å². The van der Waals surface area contributed by atoms with Gasteiger partial charge in [-0.05, 0) is 37.3 Å². The molecule has 0 saturated carbocycles. The Morgan fingerprint density at radius 3 is 2.76 bits per heavy atom. The Labute approximate surface area is 152 Å². The van der Waals surface area contributed by atoms with E-state index in [0.717, 1.165) is 0 Å². The molecule has 4 rings (SSSR count). The van der Waals surface area contributed by atoms with Crippen LogP contribution >= 0.6 is 23.2 Å². The third-order valence-electron chi connectivity index (χ3n) is 4.03. The van der Waals surface area contributed by atoms with Crippen molar-refractivity contribution in [3.63, 3.8) is 0 Å². The van der Waals surface area contributed by atoms with Gasteiger partial charge in [0.25, 0.3) is 0 Å². The maximum atomic E-state index is 14.4. The van der Waals surface area contributed by atoms with Crippen LogP contribution in [-0.2, 0) is 6.54 Å². The van der Waals surface area contributed by atoms with Crippen molar-refractivity contribution in [1.29, 1.82) is 0 Å². The largest absolute Gasteiger partial charge is 0.508 e. The molecule has 0 bridgehead atoms. The van der Waals surface area contributed by atoms with E-state index in [1.807, 2.05) is 11.5 Å². The van der Waals surface area contributed by atoms with Crippen LogP contribution in [0.5, 0.6) is 5.75 Å². The van der Waals surface area contributed by atoms with Gasteiger partial charge in [-0.15, -0.1) is 10.2 Å². The number of halogens is 3. The minimum atomic E-state index is -0.520. The minimum absolute atomic E-state index is 0.0707. The lowest BCUT2D eigenvalue weighted by molar-refractivity contribution is 0.473. The van der Waals surface area contributed by atoms with Gasteiger partial charge in [0, 0.05) is 11.1 Å². The molecule has 0 radical (unpaired) electrons. The summed E-state index contributed by atoms with van der Waals surface area (Å²) in [5.74, 6) is 0.668. The fourth-order valence-corrected chi connectivity index (χ4v) is 3.32. The van der Waals surface area contributed by atoms with Gasteiger partial charge in [0.2, 0.25) is 0 Å². The highest BCUT2D eigenvalue weighted by Gasteiger charge is 2.26. The Hall–Kier alpha value is -2.44. The standard InChI is InChI=1S/C17H11Cl2FN4O/c1-8-22-23-14-7-21-17(10-6-9(25)2-4-12(10)20)15-13(24(8)14)5-3-11(18)16(15)19/h2-6,25H,7H2,1H3. The van der Waals surface area contributed by atoms with Crippen molar-refractivity contribution in [2.45, 2.75) is 13.5 Å². The first-order valence-electron chi connectivity index (χ1n) is 7.40. The average molecular weight is 377 g/mol. The number of aromatic hydroxyl groups is 1. The molecule has 1 aliphatic heterocycles. The molecule has 2 heterocycles. The second-order valence-corrected chi connectivity index (χ2v) is 6.37. The van der Waals surface area contributed by atoms with Crippen LogP contribution in [0.3, 0.4) is 0 Å². The third kappa shape index (κ3) is 2.49. The fourth-order valence-electron chi connectivity index (χ4n) is 2.92. The van der Waals surface area contributed by atoms with Crippen LogP contribution in [0.15, 0.2) is 35.3 Å². The quantitative estimate of drug-likeness (QED) is 0.695. The normalized spacial score (nSPS) is 13.0. The topological polar surface area (TPSA) is 63.3 Å². The highest BCUT2D eigenvalue weighted by atomic mass is 35.5. The molecule has 1 aliphatic rings. The minimum Gasteiger partial charge on any atom is -0.508 e. The van der Waals surface area contributed by atoms with E-state index in [0.29, 0.717) is 33.6 Å². The number of hydrogen-bond acceptors (Lipinski definition) is 4. The van der Waals surface area contributed by atoms with Crippen LogP contribution in [0.2, 0.25) is 10.0 Å². The first-order chi connectivity index (χ1) is 12.0. The molecule has 0 amide bonds. The predicted octanol–water partition coefficient (Wildman–Crippen LogP) is 4.08. The Balaban J connectivity index is 2.08. The van der Waals surface area contributed by atoms with Crippen molar-refractivity contribution in [2.75, 3.05) is 0 Å². The van der Waals surface area contributed by atoms with E-state index in [2.05, 4.69) is 15.2 Å². The molecule has 25 heavy (non-hydrogen) atoms. The fraction of sp³-hybridized carbons (Fsp3) is 0.118. The Morgan fingerprint density at radius 1 is 1.16 bits per heavy atom. The first kappa shape index (κ1) is 16.1. The van der Waals surface area contributed by atoms with Crippen molar-refractivity contribution in [2.24, 2.45) is 4.99 Å². The molecule has 5 nitrogen and oxygen atoms in total. The number of phenolic OH excluding ortho intramolecular Hbond substituents is 1. The summed E-state index contributed by atoms with van der Waals surface area (Å²) in [5, 5.41) is 18.5. The third-order valence-corrected chi connectivity index (χ3v) is 4.83. The van der Waals surface area contributed by atoms with Crippen molar-refractivity contribution in [3.05, 3.63) is 69.0 Å². The molecular weight excluding hydrogens is 366 g/mol. The van der Waals surface area contributed by atoms with Gasteiger partial charge >= 0.3 is 0 Å². The van der Waals surface area contributed by atoms with Crippen LogP contribution in [-0.4, -0.2) is 25.6 Å². The number of phenols is 1. The Bertz CT molecular complexity index is 1050. The van der Waals surface area contributed by atoms with Crippen LogP contribution < -0.4 is 0 Å². The van der Waals surface area contributed by atoms with Crippen LogP contribution in [0.25, 0.3) is 5.69 Å². The van der Waals surface area contributed by atoms with Gasteiger partial charge in [-0.1, -0.05) is 23.2 Å². The summed E-state index contributed by atoms with van der Waals surface area (Å²) in [6.45, 7) is 2.00. The lowest BCUT2D eigenvalue weighted by Gasteiger charge is -2.15. The van der Waals surface area contributed by atoms with E-state index in [9.17, 15) is 9.50 Å². The number of aromatic nitrogens is 3. The molecule has 0 aliphatic carbocycles. The van der Waals surface area contributed by atoms with Crippen LogP contribution in [0.4, 0.5) is 4.39 Å². The molecule has 1 N–H and O–H groups in total. The van der Waals surface area contributed by atoms with Crippen molar-refractivity contribution in [1.82, 2.24) is 14.8 Å².